The van der Waals surface area contributed by atoms with Crippen molar-refractivity contribution < 1.29 is 9.53 Å². The molecule has 0 N–H and O–H groups in total. The van der Waals surface area contributed by atoms with Gasteiger partial charge in [0.1, 0.15) is 0 Å². The normalized spacial score (nSPS) is 9.42. The molecule has 5 heteroatoms. The van der Waals surface area contributed by atoms with Gasteiger partial charge in [0.2, 0.25) is 0 Å². The average Bonchev–Trinajstić information content (AvgIpc) is 2.04. The Kier molecular flexibility index (Phi) is 6.72. The molecule has 4 radical (unpaired) electrons. The molecule has 64 valence electrons. The molecule has 3 nitrogen and oxygen atoms in total. The van der Waals surface area contributed by atoms with E-state index in [4.69, 9.17) is 20.4 Å². The third-order valence-electron chi connectivity index (χ3n) is 1.32. The van der Waals surface area contributed by atoms with Crippen molar-refractivity contribution in [3.05, 3.63) is 0 Å². The van der Waals surface area contributed by atoms with Crippen molar-refractivity contribution in [2.24, 2.45) is 0 Å². The summed E-state index contributed by atoms with van der Waals surface area (Å²) >= 11 is 0. The molecule has 0 saturated heterocycles. The van der Waals surface area contributed by atoms with Gasteiger partial charge in [-0.1, -0.05) is 12.6 Å². The molecule has 0 unspecified atom stereocenters. The molecule has 0 aromatic carbocycles. The van der Waals surface area contributed by atoms with Gasteiger partial charge in [0.25, 0.3) is 0 Å². The Bertz CT molecular complexity index is 127. The maximum absolute atomic E-state index is 11.1. The molecular weight excluding hydrogens is 152 g/mol. The molecule has 0 aliphatic rings. The molecule has 0 bridgehead atoms. The van der Waals surface area contributed by atoms with Gasteiger partial charge in [0.05, 0.1) is 22.3 Å². The molecule has 0 aliphatic carbocycles. The van der Waals surface area contributed by atoms with E-state index < -0.39 is 0 Å². The Morgan fingerprint density at radius 1 is 1.33 bits per heavy atom. The van der Waals surface area contributed by atoms with Crippen molar-refractivity contribution in [3.63, 3.8) is 0 Å². The Hall–Kier alpha value is -0.600. The molecule has 0 heterocycles. The smallest absolute Gasteiger partial charge is 0.409 e. The van der Waals surface area contributed by atoms with E-state index in [9.17, 15) is 4.79 Å². The number of nitrogens with zero attached hydrogens (tertiary/aromatic N) is 1. The molecule has 1 amide bonds. The number of hydrogen-bond donors (Lipinski definition) is 0. The zero-order chi connectivity index (χ0) is 9.40. The van der Waals surface area contributed by atoms with Crippen LogP contribution in [0, 0.1) is 0 Å². The van der Waals surface area contributed by atoms with Crippen LogP contribution in [0.2, 0.25) is 12.6 Å². The molecule has 0 fully saturated rings. The van der Waals surface area contributed by atoms with Gasteiger partial charge in [0, 0.05) is 13.1 Å². The minimum absolute atomic E-state index is 0.339. The van der Waals surface area contributed by atoms with Gasteiger partial charge in [-0.05, 0) is 6.92 Å². The van der Waals surface area contributed by atoms with Crippen LogP contribution in [0.1, 0.15) is 6.92 Å². The van der Waals surface area contributed by atoms with Gasteiger partial charge in [-0.3, -0.25) is 0 Å². The van der Waals surface area contributed by atoms with E-state index in [1.807, 2.05) is 0 Å². The fourth-order valence-corrected chi connectivity index (χ4v) is 0.821. The van der Waals surface area contributed by atoms with Gasteiger partial charge < -0.3 is 9.64 Å². The third-order valence-corrected chi connectivity index (χ3v) is 1.32. The highest BCUT2D eigenvalue weighted by Crippen LogP contribution is 1.96. The summed E-state index contributed by atoms with van der Waals surface area (Å²) in [5.41, 5.74) is 0. The van der Waals surface area contributed by atoms with E-state index in [-0.39, 0.29) is 6.09 Å². The molecule has 0 atom stereocenters. The zero-order valence-electron chi connectivity index (χ0n) is 7.45. The number of rotatable bonds is 5. The molecule has 0 spiro atoms. The highest BCUT2D eigenvalue weighted by molar-refractivity contribution is 6.09. The fraction of sp³-hybridized carbons (Fsp3) is 0.857. The number of ether oxygens (including phenoxy) is 1. The first-order chi connectivity index (χ1) is 5.76. The summed E-state index contributed by atoms with van der Waals surface area (Å²) < 4.78 is 4.78. The topological polar surface area (TPSA) is 29.5 Å². The van der Waals surface area contributed by atoms with Crippen LogP contribution in [0.3, 0.4) is 0 Å². The molecule has 0 saturated carbocycles. The van der Waals surface area contributed by atoms with Crippen LogP contribution in [0.4, 0.5) is 4.79 Å². The molecule has 12 heavy (non-hydrogen) atoms. The van der Waals surface area contributed by atoms with Crippen LogP contribution in [0.5, 0.6) is 0 Å². The second kappa shape index (κ2) is 7.07. The van der Waals surface area contributed by atoms with E-state index in [1.165, 1.54) is 4.90 Å². The SMILES string of the molecule is [B]CCN(CC[B])C(=O)OCC. The summed E-state index contributed by atoms with van der Waals surface area (Å²) in [4.78, 5) is 12.6. The van der Waals surface area contributed by atoms with Crippen LogP contribution in [-0.4, -0.2) is 46.4 Å². The lowest BCUT2D eigenvalue weighted by Crippen LogP contribution is -2.33. The number of carbonyl (C=O) groups excluding carboxylic acids is 1. The van der Waals surface area contributed by atoms with Gasteiger partial charge in [0.15, 0.2) is 0 Å². The Labute approximate surface area is 76.3 Å². The molecule has 0 aromatic rings. The maximum atomic E-state index is 11.1. The number of carbonyl (C=O) groups is 1. The fourth-order valence-electron chi connectivity index (χ4n) is 0.821. The van der Waals surface area contributed by atoms with Crippen LogP contribution < -0.4 is 0 Å². The van der Waals surface area contributed by atoms with Crippen molar-refractivity contribution in [2.45, 2.75) is 19.6 Å². The first-order valence-electron chi connectivity index (χ1n) is 4.08. The first-order valence-corrected chi connectivity index (χ1v) is 4.08. The second-order valence-electron chi connectivity index (χ2n) is 2.26. The summed E-state index contributed by atoms with van der Waals surface area (Å²) in [7, 11) is 10.6. The van der Waals surface area contributed by atoms with E-state index in [0.29, 0.717) is 32.3 Å². The number of amides is 1. The number of hydrogen-bond acceptors (Lipinski definition) is 2. The minimum atomic E-state index is -0.339. The van der Waals surface area contributed by atoms with Crippen LogP contribution in [0.25, 0.3) is 0 Å². The standard InChI is InChI=1S/C7H13B2NO2/c1-2-12-7(11)10(5-3-8)6-4-9/h2-6H2,1H3. The minimum Gasteiger partial charge on any atom is -0.450 e. The predicted octanol–water partition coefficient (Wildman–Crippen LogP) is 0.618. The van der Waals surface area contributed by atoms with E-state index >= 15 is 0 Å². The lowest BCUT2D eigenvalue weighted by Gasteiger charge is -2.20. The third kappa shape index (κ3) is 4.31. The Morgan fingerprint density at radius 3 is 2.17 bits per heavy atom. The molecule has 0 rings (SSSR count). The van der Waals surface area contributed by atoms with Crippen LogP contribution in [0.15, 0.2) is 0 Å². The molecular formula is C7H13B2NO2. The quantitative estimate of drug-likeness (QED) is 0.558. The van der Waals surface area contributed by atoms with E-state index in [0.717, 1.165) is 0 Å². The second-order valence-corrected chi connectivity index (χ2v) is 2.26. The molecule has 0 aromatic heterocycles. The van der Waals surface area contributed by atoms with Crippen molar-refractivity contribution in [2.75, 3.05) is 19.7 Å². The summed E-state index contributed by atoms with van der Waals surface area (Å²) in [6.07, 6.45) is 0.519. The zero-order valence-corrected chi connectivity index (χ0v) is 7.45. The lowest BCUT2D eigenvalue weighted by molar-refractivity contribution is 0.111. The Morgan fingerprint density at radius 2 is 1.83 bits per heavy atom. The van der Waals surface area contributed by atoms with Crippen molar-refractivity contribution in [3.8, 4) is 0 Å². The first kappa shape index (κ1) is 11.4. The average molecular weight is 165 g/mol. The van der Waals surface area contributed by atoms with Crippen molar-refractivity contribution in [1.82, 2.24) is 4.90 Å². The van der Waals surface area contributed by atoms with E-state index in [1.54, 1.807) is 6.92 Å². The Balaban J connectivity index is 3.81. The van der Waals surface area contributed by atoms with Gasteiger partial charge in [-0.2, -0.15) is 0 Å². The summed E-state index contributed by atoms with van der Waals surface area (Å²) in [6.45, 7) is 3.14. The van der Waals surface area contributed by atoms with Gasteiger partial charge in [-0.25, -0.2) is 4.79 Å². The van der Waals surface area contributed by atoms with Crippen molar-refractivity contribution in [1.29, 1.82) is 0 Å². The lowest BCUT2D eigenvalue weighted by atomic mass is 10.0. The van der Waals surface area contributed by atoms with Crippen molar-refractivity contribution >= 4 is 21.8 Å². The monoisotopic (exact) mass is 165 g/mol. The summed E-state index contributed by atoms with van der Waals surface area (Å²) in [6, 6.07) is 0. The van der Waals surface area contributed by atoms with Crippen LogP contribution >= 0.6 is 0 Å². The highest BCUT2D eigenvalue weighted by Gasteiger charge is 2.10. The van der Waals surface area contributed by atoms with Gasteiger partial charge in [-0.15, -0.1) is 0 Å². The summed E-state index contributed by atoms with van der Waals surface area (Å²) in [5, 5.41) is 0. The molecule has 0 aliphatic heterocycles. The predicted molar refractivity (Wildman–Crippen MR) is 49.7 cm³/mol. The summed E-state index contributed by atoms with van der Waals surface area (Å²) in [5.74, 6) is 0. The van der Waals surface area contributed by atoms with Gasteiger partial charge >= 0.3 is 6.09 Å². The van der Waals surface area contributed by atoms with E-state index in [2.05, 4.69) is 0 Å². The largest absolute Gasteiger partial charge is 0.450 e. The highest BCUT2D eigenvalue weighted by atomic mass is 16.6. The maximum Gasteiger partial charge on any atom is 0.409 e. The van der Waals surface area contributed by atoms with Crippen LogP contribution in [-0.2, 0) is 4.74 Å².